The van der Waals surface area contributed by atoms with Crippen LogP contribution in [0.5, 0.6) is 17.2 Å². The van der Waals surface area contributed by atoms with Gasteiger partial charge in [0, 0.05) is 5.54 Å². The Morgan fingerprint density at radius 1 is 1.33 bits per heavy atom. The quantitative estimate of drug-likeness (QED) is 0.763. The van der Waals surface area contributed by atoms with Crippen LogP contribution in [0.3, 0.4) is 0 Å². The number of benzene rings is 1. The molecular formula is C11H13NO3. The molecule has 0 amide bonds. The molecule has 1 saturated carbocycles. The molecule has 0 aromatic heterocycles. The van der Waals surface area contributed by atoms with Crippen LogP contribution in [0.15, 0.2) is 12.1 Å². The van der Waals surface area contributed by atoms with Crippen molar-refractivity contribution in [1.29, 1.82) is 0 Å². The SMILES string of the molecule is NC1(Cc2cc(O)c3c(c2)OCO3)CC1. The van der Waals surface area contributed by atoms with Gasteiger partial charge in [-0.15, -0.1) is 0 Å². The Morgan fingerprint density at radius 2 is 2.13 bits per heavy atom. The molecule has 0 saturated heterocycles. The van der Waals surface area contributed by atoms with Crippen LogP contribution in [0.1, 0.15) is 18.4 Å². The van der Waals surface area contributed by atoms with E-state index in [2.05, 4.69) is 0 Å². The van der Waals surface area contributed by atoms with Gasteiger partial charge in [-0.25, -0.2) is 0 Å². The highest BCUT2D eigenvalue weighted by Crippen LogP contribution is 2.43. The van der Waals surface area contributed by atoms with E-state index >= 15 is 0 Å². The summed E-state index contributed by atoms with van der Waals surface area (Å²) < 4.78 is 10.4. The highest BCUT2D eigenvalue weighted by molar-refractivity contribution is 5.54. The zero-order chi connectivity index (χ0) is 10.5. The van der Waals surface area contributed by atoms with Gasteiger partial charge < -0.3 is 20.3 Å². The lowest BCUT2D eigenvalue weighted by molar-refractivity contribution is 0.171. The summed E-state index contributed by atoms with van der Waals surface area (Å²) in [5, 5.41) is 9.68. The maximum absolute atomic E-state index is 9.68. The molecule has 80 valence electrons. The smallest absolute Gasteiger partial charge is 0.231 e. The van der Waals surface area contributed by atoms with Crippen molar-refractivity contribution in [3.05, 3.63) is 17.7 Å². The Hall–Kier alpha value is -1.42. The third-order valence-corrected chi connectivity index (χ3v) is 2.96. The predicted molar refractivity (Wildman–Crippen MR) is 54.1 cm³/mol. The van der Waals surface area contributed by atoms with Crippen molar-refractivity contribution < 1.29 is 14.6 Å². The molecule has 0 spiro atoms. The summed E-state index contributed by atoms with van der Waals surface area (Å²) in [5.41, 5.74) is 6.98. The molecule has 4 heteroatoms. The fourth-order valence-electron chi connectivity index (χ4n) is 1.89. The van der Waals surface area contributed by atoms with E-state index in [9.17, 15) is 5.11 Å². The summed E-state index contributed by atoms with van der Waals surface area (Å²) in [4.78, 5) is 0. The lowest BCUT2D eigenvalue weighted by atomic mass is 10.0. The van der Waals surface area contributed by atoms with E-state index in [4.69, 9.17) is 15.2 Å². The van der Waals surface area contributed by atoms with E-state index in [1.54, 1.807) is 6.07 Å². The van der Waals surface area contributed by atoms with Gasteiger partial charge in [0.2, 0.25) is 12.5 Å². The number of ether oxygens (including phenoxy) is 2. The highest BCUT2D eigenvalue weighted by Gasteiger charge is 2.38. The second-order valence-electron chi connectivity index (χ2n) is 4.39. The van der Waals surface area contributed by atoms with Crippen molar-refractivity contribution in [2.45, 2.75) is 24.8 Å². The average molecular weight is 207 g/mol. The van der Waals surface area contributed by atoms with Gasteiger partial charge in [0.25, 0.3) is 0 Å². The average Bonchev–Trinajstić information content (AvgIpc) is 2.73. The normalized spacial score (nSPS) is 20.3. The molecular weight excluding hydrogens is 194 g/mol. The minimum atomic E-state index is -0.0554. The Labute approximate surface area is 87.6 Å². The third kappa shape index (κ3) is 1.51. The Balaban J connectivity index is 1.93. The van der Waals surface area contributed by atoms with Gasteiger partial charge in [0.15, 0.2) is 11.5 Å². The van der Waals surface area contributed by atoms with E-state index in [1.165, 1.54) is 0 Å². The van der Waals surface area contributed by atoms with E-state index in [1.807, 2.05) is 6.07 Å². The molecule has 1 aromatic rings. The lowest BCUT2D eigenvalue weighted by Crippen LogP contribution is -2.24. The van der Waals surface area contributed by atoms with E-state index in [0.717, 1.165) is 24.8 Å². The van der Waals surface area contributed by atoms with Gasteiger partial charge in [0.1, 0.15) is 0 Å². The van der Waals surface area contributed by atoms with Gasteiger partial charge in [-0.05, 0) is 37.0 Å². The minimum Gasteiger partial charge on any atom is -0.504 e. The molecule has 0 radical (unpaired) electrons. The van der Waals surface area contributed by atoms with Crippen LogP contribution >= 0.6 is 0 Å². The van der Waals surface area contributed by atoms with Crippen molar-refractivity contribution >= 4 is 0 Å². The minimum absolute atomic E-state index is 0.0554. The first-order valence-corrected chi connectivity index (χ1v) is 5.07. The van der Waals surface area contributed by atoms with Crippen LogP contribution in [0.4, 0.5) is 0 Å². The maximum atomic E-state index is 9.68. The summed E-state index contributed by atoms with van der Waals surface area (Å²) in [6, 6.07) is 3.61. The molecule has 0 unspecified atom stereocenters. The van der Waals surface area contributed by atoms with Crippen LogP contribution < -0.4 is 15.2 Å². The number of aromatic hydroxyl groups is 1. The Bertz CT molecular complexity index is 413. The summed E-state index contributed by atoms with van der Waals surface area (Å²) in [6.45, 7) is 0.181. The maximum Gasteiger partial charge on any atom is 0.231 e. The summed E-state index contributed by atoms with van der Waals surface area (Å²) in [7, 11) is 0. The van der Waals surface area contributed by atoms with Crippen molar-refractivity contribution in [2.24, 2.45) is 5.73 Å². The fourth-order valence-corrected chi connectivity index (χ4v) is 1.89. The molecule has 1 fully saturated rings. The van der Waals surface area contributed by atoms with Gasteiger partial charge in [0.05, 0.1) is 0 Å². The first-order chi connectivity index (χ1) is 7.16. The fraction of sp³-hybridized carbons (Fsp3) is 0.455. The number of phenols is 1. The summed E-state index contributed by atoms with van der Waals surface area (Å²) in [6.07, 6.45) is 2.90. The topological polar surface area (TPSA) is 64.7 Å². The number of hydrogen-bond acceptors (Lipinski definition) is 4. The number of phenolic OH excluding ortho intramolecular Hbond substituents is 1. The molecule has 1 aliphatic heterocycles. The van der Waals surface area contributed by atoms with Gasteiger partial charge in [-0.3, -0.25) is 0 Å². The Morgan fingerprint density at radius 3 is 2.87 bits per heavy atom. The molecule has 15 heavy (non-hydrogen) atoms. The number of hydrogen-bond donors (Lipinski definition) is 2. The second-order valence-corrected chi connectivity index (χ2v) is 4.39. The van der Waals surface area contributed by atoms with Gasteiger partial charge in [-0.1, -0.05) is 0 Å². The molecule has 1 aromatic carbocycles. The molecule has 0 bridgehead atoms. The molecule has 3 rings (SSSR count). The molecule has 0 atom stereocenters. The summed E-state index contributed by atoms with van der Waals surface area (Å²) in [5.74, 6) is 1.21. The molecule has 1 aliphatic carbocycles. The van der Waals surface area contributed by atoms with Crippen LogP contribution in [-0.2, 0) is 6.42 Å². The van der Waals surface area contributed by atoms with Gasteiger partial charge >= 0.3 is 0 Å². The highest BCUT2D eigenvalue weighted by atomic mass is 16.7. The van der Waals surface area contributed by atoms with E-state index in [-0.39, 0.29) is 18.1 Å². The Kier molecular flexibility index (Phi) is 1.65. The van der Waals surface area contributed by atoms with Crippen molar-refractivity contribution in [3.8, 4) is 17.2 Å². The second kappa shape index (κ2) is 2.79. The zero-order valence-corrected chi connectivity index (χ0v) is 8.32. The van der Waals surface area contributed by atoms with Gasteiger partial charge in [-0.2, -0.15) is 0 Å². The third-order valence-electron chi connectivity index (χ3n) is 2.96. The van der Waals surface area contributed by atoms with Crippen molar-refractivity contribution in [2.75, 3.05) is 6.79 Å². The number of rotatable bonds is 2. The standard InChI is InChI=1S/C11H13NO3/c12-11(1-2-11)5-7-3-8(13)10-9(4-7)14-6-15-10/h3-4,13H,1-2,5-6,12H2. The first-order valence-electron chi connectivity index (χ1n) is 5.07. The number of fused-ring (bicyclic) bond motifs is 1. The largest absolute Gasteiger partial charge is 0.504 e. The van der Waals surface area contributed by atoms with Crippen LogP contribution in [-0.4, -0.2) is 17.4 Å². The summed E-state index contributed by atoms with van der Waals surface area (Å²) >= 11 is 0. The first kappa shape index (κ1) is 8.85. The van der Waals surface area contributed by atoms with E-state index < -0.39 is 0 Å². The molecule has 1 heterocycles. The van der Waals surface area contributed by atoms with E-state index in [0.29, 0.717) is 11.5 Å². The monoisotopic (exact) mass is 207 g/mol. The molecule has 4 nitrogen and oxygen atoms in total. The van der Waals surface area contributed by atoms with Crippen LogP contribution in [0.2, 0.25) is 0 Å². The van der Waals surface area contributed by atoms with Crippen LogP contribution in [0, 0.1) is 0 Å². The van der Waals surface area contributed by atoms with Crippen molar-refractivity contribution in [3.63, 3.8) is 0 Å². The molecule has 3 N–H and O–H groups in total. The zero-order valence-electron chi connectivity index (χ0n) is 8.32. The molecule has 2 aliphatic rings. The predicted octanol–water partition coefficient (Wildman–Crippen LogP) is 1.15. The lowest BCUT2D eigenvalue weighted by Gasteiger charge is -2.09. The van der Waals surface area contributed by atoms with Crippen LogP contribution in [0.25, 0.3) is 0 Å². The van der Waals surface area contributed by atoms with Crippen molar-refractivity contribution in [1.82, 2.24) is 0 Å². The number of nitrogens with two attached hydrogens (primary N) is 1.